The number of aryl methyl sites for hydroxylation is 1. The highest BCUT2D eigenvalue weighted by molar-refractivity contribution is 5.74. The second kappa shape index (κ2) is 4.52. The van der Waals surface area contributed by atoms with Crippen LogP contribution in [0.2, 0.25) is 0 Å². The molecular weight excluding hydrogens is 240 g/mol. The fourth-order valence-electron chi connectivity index (χ4n) is 1.67. The van der Waals surface area contributed by atoms with Gasteiger partial charge in [0, 0.05) is 24.0 Å². The summed E-state index contributed by atoms with van der Waals surface area (Å²) in [6.07, 6.45) is 1.58. The molecule has 0 bridgehead atoms. The van der Waals surface area contributed by atoms with Crippen LogP contribution in [0.4, 0.5) is 8.78 Å². The Morgan fingerprint density at radius 1 is 1.22 bits per heavy atom. The Kier molecular flexibility index (Phi) is 3.06. The molecule has 2 aromatic rings. The van der Waals surface area contributed by atoms with E-state index < -0.39 is 17.1 Å². The number of carbonyl (C=O) groups is 1. The van der Waals surface area contributed by atoms with Crippen molar-refractivity contribution in [3.63, 3.8) is 0 Å². The number of aldehydes is 1. The monoisotopic (exact) mass is 249 g/mol. The van der Waals surface area contributed by atoms with Crippen molar-refractivity contribution in [2.45, 2.75) is 6.92 Å². The van der Waals surface area contributed by atoms with E-state index in [0.717, 1.165) is 18.2 Å². The van der Waals surface area contributed by atoms with Crippen molar-refractivity contribution in [3.8, 4) is 5.69 Å². The number of hydrogen-bond acceptors (Lipinski definition) is 2. The molecule has 0 aliphatic heterocycles. The number of halogens is 2. The molecule has 0 atom stereocenters. The van der Waals surface area contributed by atoms with E-state index in [1.807, 2.05) is 0 Å². The fraction of sp³-hybridized carbons (Fsp3) is 0.0769. The molecule has 18 heavy (non-hydrogen) atoms. The molecular formula is C13H9F2NO2. The first-order valence-corrected chi connectivity index (χ1v) is 5.17. The molecule has 0 spiro atoms. The van der Waals surface area contributed by atoms with E-state index in [-0.39, 0.29) is 11.3 Å². The smallest absolute Gasteiger partial charge is 0.192 e. The standard InChI is InChI=1S/C13H9F2NO2/c1-8-4-13(18)9(7-17)6-16(8)12-5-10(14)2-3-11(12)15/h2-7H,1H3. The zero-order chi connectivity index (χ0) is 13.3. The zero-order valence-electron chi connectivity index (χ0n) is 9.48. The Morgan fingerprint density at radius 3 is 2.61 bits per heavy atom. The van der Waals surface area contributed by atoms with Gasteiger partial charge in [0.1, 0.15) is 11.6 Å². The zero-order valence-corrected chi connectivity index (χ0v) is 9.48. The van der Waals surface area contributed by atoms with E-state index in [1.54, 1.807) is 6.92 Å². The second-order valence-electron chi connectivity index (χ2n) is 3.82. The highest BCUT2D eigenvalue weighted by Gasteiger charge is 2.09. The molecule has 1 heterocycles. The summed E-state index contributed by atoms with van der Waals surface area (Å²) in [5.74, 6) is -1.24. The quantitative estimate of drug-likeness (QED) is 0.765. The number of pyridine rings is 1. The van der Waals surface area contributed by atoms with Gasteiger partial charge in [0.2, 0.25) is 0 Å². The van der Waals surface area contributed by atoms with Gasteiger partial charge in [0.25, 0.3) is 0 Å². The van der Waals surface area contributed by atoms with Crippen molar-refractivity contribution in [2.24, 2.45) is 0 Å². The van der Waals surface area contributed by atoms with E-state index in [2.05, 4.69) is 0 Å². The molecule has 0 saturated carbocycles. The summed E-state index contributed by atoms with van der Waals surface area (Å²) in [7, 11) is 0. The van der Waals surface area contributed by atoms with Crippen molar-refractivity contribution < 1.29 is 13.6 Å². The molecule has 0 N–H and O–H groups in total. The van der Waals surface area contributed by atoms with Gasteiger partial charge in [-0.15, -0.1) is 0 Å². The number of nitrogens with zero attached hydrogens (tertiary/aromatic N) is 1. The number of carbonyl (C=O) groups excluding carboxylic acids is 1. The minimum atomic E-state index is -0.639. The topological polar surface area (TPSA) is 39.1 Å². The third kappa shape index (κ3) is 2.07. The molecule has 2 rings (SSSR count). The first kappa shape index (κ1) is 12.2. The molecule has 3 nitrogen and oxygen atoms in total. The number of hydrogen-bond donors (Lipinski definition) is 0. The molecule has 5 heteroatoms. The first-order chi connectivity index (χ1) is 8.52. The summed E-state index contributed by atoms with van der Waals surface area (Å²) in [6.45, 7) is 1.57. The predicted molar refractivity (Wildman–Crippen MR) is 62.1 cm³/mol. The van der Waals surface area contributed by atoms with Gasteiger partial charge in [0.05, 0.1) is 11.3 Å². The third-order valence-electron chi connectivity index (χ3n) is 2.57. The van der Waals surface area contributed by atoms with Crippen LogP contribution in [-0.2, 0) is 0 Å². The predicted octanol–water partition coefficient (Wildman–Crippen LogP) is 2.24. The maximum Gasteiger partial charge on any atom is 0.192 e. The van der Waals surface area contributed by atoms with Crippen LogP contribution >= 0.6 is 0 Å². The molecule has 0 saturated heterocycles. The van der Waals surface area contributed by atoms with E-state index in [9.17, 15) is 18.4 Å². The van der Waals surface area contributed by atoms with Gasteiger partial charge < -0.3 is 4.57 Å². The van der Waals surface area contributed by atoms with Gasteiger partial charge >= 0.3 is 0 Å². The minimum absolute atomic E-state index is 0.0457. The largest absolute Gasteiger partial charge is 0.317 e. The van der Waals surface area contributed by atoms with Crippen LogP contribution in [0.1, 0.15) is 16.1 Å². The van der Waals surface area contributed by atoms with Gasteiger partial charge in [-0.25, -0.2) is 8.78 Å². The Labute approximate surface area is 101 Å². The maximum atomic E-state index is 13.6. The van der Waals surface area contributed by atoms with Crippen LogP contribution in [-0.4, -0.2) is 10.9 Å². The van der Waals surface area contributed by atoms with Gasteiger partial charge in [-0.3, -0.25) is 9.59 Å². The van der Waals surface area contributed by atoms with Crippen LogP contribution in [0, 0.1) is 18.6 Å². The van der Waals surface area contributed by atoms with E-state index in [4.69, 9.17) is 0 Å². The van der Waals surface area contributed by atoms with Crippen LogP contribution in [0.3, 0.4) is 0 Å². The summed E-state index contributed by atoms with van der Waals surface area (Å²) < 4.78 is 28.0. The molecule has 0 aliphatic carbocycles. The van der Waals surface area contributed by atoms with E-state index >= 15 is 0 Å². The molecule has 1 aromatic carbocycles. The minimum Gasteiger partial charge on any atom is -0.317 e. The fourth-order valence-corrected chi connectivity index (χ4v) is 1.67. The molecule has 0 aliphatic rings. The molecule has 0 amide bonds. The second-order valence-corrected chi connectivity index (χ2v) is 3.82. The lowest BCUT2D eigenvalue weighted by molar-refractivity contribution is 0.112. The molecule has 1 aromatic heterocycles. The lowest BCUT2D eigenvalue weighted by Gasteiger charge is -2.12. The average Bonchev–Trinajstić information content (AvgIpc) is 2.33. The van der Waals surface area contributed by atoms with Crippen molar-refractivity contribution in [2.75, 3.05) is 0 Å². The lowest BCUT2D eigenvalue weighted by Crippen LogP contribution is -2.14. The van der Waals surface area contributed by atoms with Gasteiger partial charge in [-0.2, -0.15) is 0 Å². The number of rotatable bonds is 2. The highest BCUT2D eigenvalue weighted by atomic mass is 19.1. The summed E-state index contributed by atoms with van der Waals surface area (Å²) in [5.41, 5.74) is -0.189. The van der Waals surface area contributed by atoms with E-state index in [0.29, 0.717) is 12.0 Å². The third-order valence-corrected chi connectivity index (χ3v) is 2.57. The normalized spacial score (nSPS) is 10.4. The highest BCUT2D eigenvalue weighted by Crippen LogP contribution is 2.16. The van der Waals surface area contributed by atoms with Crippen LogP contribution in [0.5, 0.6) is 0 Å². The Balaban J connectivity index is 2.74. The van der Waals surface area contributed by atoms with Crippen LogP contribution in [0.25, 0.3) is 5.69 Å². The SMILES string of the molecule is Cc1cc(=O)c(C=O)cn1-c1cc(F)ccc1F. The molecule has 0 fully saturated rings. The average molecular weight is 249 g/mol. The lowest BCUT2D eigenvalue weighted by atomic mass is 10.2. The van der Waals surface area contributed by atoms with Gasteiger partial charge in [0.15, 0.2) is 11.7 Å². The van der Waals surface area contributed by atoms with Gasteiger partial charge in [-0.1, -0.05) is 0 Å². The molecule has 92 valence electrons. The van der Waals surface area contributed by atoms with Crippen molar-refractivity contribution >= 4 is 6.29 Å². The maximum absolute atomic E-state index is 13.6. The summed E-state index contributed by atoms with van der Waals surface area (Å²) in [4.78, 5) is 22.1. The van der Waals surface area contributed by atoms with Crippen molar-refractivity contribution in [1.29, 1.82) is 0 Å². The summed E-state index contributed by atoms with van der Waals surface area (Å²) in [5, 5.41) is 0. The molecule has 0 radical (unpaired) electrons. The van der Waals surface area contributed by atoms with Crippen molar-refractivity contribution in [3.05, 3.63) is 63.6 Å². The van der Waals surface area contributed by atoms with Crippen molar-refractivity contribution in [1.82, 2.24) is 4.57 Å². The Hall–Kier alpha value is -2.30. The van der Waals surface area contributed by atoms with E-state index in [1.165, 1.54) is 16.8 Å². The van der Waals surface area contributed by atoms with Gasteiger partial charge in [-0.05, 0) is 19.1 Å². The summed E-state index contributed by atoms with van der Waals surface area (Å²) >= 11 is 0. The Morgan fingerprint density at radius 2 is 1.94 bits per heavy atom. The summed E-state index contributed by atoms with van der Waals surface area (Å²) in [6, 6.07) is 4.19. The first-order valence-electron chi connectivity index (χ1n) is 5.17. The number of benzene rings is 1. The van der Waals surface area contributed by atoms with Crippen LogP contribution in [0.15, 0.2) is 35.3 Å². The molecule has 0 unspecified atom stereocenters. The number of aromatic nitrogens is 1. The Bertz CT molecular complexity index is 677. The van der Waals surface area contributed by atoms with Crippen LogP contribution < -0.4 is 5.43 Å².